The number of ether oxygens (including phenoxy) is 1. The molecule has 6 nitrogen and oxygen atoms in total. The van der Waals surface area contributed by atoms with Crippen LogP contribution in [-0.2, 0) is 4.74 Å². The van der Waals surface area contributed by atoms with Crippen molar-refractivity contribution in [3.63, 3.8) is 0 Å². The van der Waals surface area contributed by atoms with Crippen molar-refractivity contribution in [3.05, 3.63) is 17.3 Å². The fourth-order valence-electron chi connectivity index (χ4n) is 3.21. The Morgan fingerprint density at radius 2 is 2.13 bits per heavy atom. The minimum atomic E-state index is -0.514. The maximum Gasteiger partial charge on any atom is 0.410 e. The normalized spacial score (nSPS) is 20.0. The lowest BCUT2D eigenvalue weighted by molar-refractivity contribution is -0.0739. The summed E-state index contributed by atoms with van der Waals surface area (Å²) >= 11 is 5.68. The van der Waals surface area contributed by atoms with Gasteiger partial charge >= 0.3 is 6.09 Å². The molecule has 0 radical (unpaired) electrons. The molecule has 8 heteroatoms. The van der Waals surface area contributed by atoms with E-state index >= 15 is 0 Å². The predicted octanol–water partition coefficient (Wildman–Crippen LogP) is 3.08. The van der Waals surface area contributed by atoms with E-state index in [1.165, 1.54) is 0 Å². The van der Waals surface area contributed by atoms with Crippen molar-refractivity contribution in [2.24, 2.45) is 5.41 Å². The Labute approximate surface area is 139 Å². The van der Waals surface area contributed by atoms with Gasteiger partial charge in [0, 0.05) is 24.5 Å². The number of nitrogens with one attached hydrogen (secondary N) is 1. The number of aromatic nitrogens is 2. The van der Waals surface area contributed by atoms with Crippen molar-refractivity contribution >= 4 is 23.5 Å². The summed E-state index contributed by atoms with van der Waals surface area (Å²) in [7, 11) is 0. The maximum absolute atomic E-state index is 13.6. The van der Waals surface area contributed by atoms with E-state index in [4.69, 9.17) is 16.3 Å². The van der Waals surface area contributed by atoms with Crippen LogP contribution in [0, 0.1) is 11.2 Å². The summed E-state index contributed by atoms with van der Waals surface area (Å²) in [6.07, 6.45) is 2.52. The lowest BCUT2D eigenvalue weighted by Crippen LogP contribution is -2.66. The van der Waals surface area contributed by atoms with Gasteiger partial charge in [-0.2, -0.15) is 4.98 Å². The third kappa shape index (κ3) is 3.49. The van der Waals surface area contributed by atoms with Gasteiger partial charge in [0.05, 0.1) is 6.20 Å². The molecule has 23 heavy (non-hydrogen) atoms. The average molecular weight is 343 g/mol. The Morgan fingerprint density at radius 3 is 2.74 bits per heavy atom. The lowest BCUT2D eigenvalue weighted by Gasteiger charge is -2.58. The Morgan fingerprint density at radius 1 is 1.48 bits per heavy atom. The second-order valence-corrected chi connectivity index (χ2v) is 7.76. The predicted molar refractivity (Wildman–Crippen MR) is 83.9 cm³/mol. The highest BCUT2D eigenvalue weighted by Gasteiger charge is 2.54. The molecule has 2 heterocycles. The first-order valence-electron chi connectivity index (χ1n) is 7.58. The van der Waals surface area contributed by atoms with E-state index in [9.17, 15) is 9.18 Å². The van der Waals surface area contributed by atoms with Crippen LogP contribution in [-0.4, -0.2) is 45.7 Å². The van der Waals surface area contributed by atoms with Gasteiger partial charge in [-0.1, -0.05) is 0 Å². The molecule has 0 aromatic carbocycles. The van der Waals surface area contributed by atoms with Gasteiger partial charge in [0.1, 0.15) is 5.60 Å². The second kappa shape index (κ2) is 5.47. The van der Waals surface area contributed by atoms with Gasteiger partial charge in [0.25, 0.3) is 0 Å². The summed E-state index contributed by atoms with van der Waals surface area (Å²) in [5, 5.41) is 3.06. The van der Waals surface area contributed by atoms with Gasteiger partial charge in [0.15, 0.2) is 11.6 Å². The van der Waals surface area contributed by atoms with Crippen LogP contribution in [0.4, 0.5) is 15.0 Å². The first-order valence-corrected chi connectivity index (χ1v) is 7.96. The van der Waals surface area contributed by atoms with Crippen LogP contribution >= 0.6 is 11.6 Å². The van der Waals surface area contributed by atoms with Crippen LogP contribution in [0.25, 0.3) is 0 Å². The van der Waals surface area contributed by atoms with E-state index in [-0.39, 0.29) is 28.7 Å². The Kier molecular flexibility index (Phi) is 3.86. The number of hydrogen-bond donors (Lipinski definition) is 1. The Bertz CT molecular complexity index is 620. The van der Waals surface area contributed by atoms with E-state index in [0.29, 0.717) is 13.1 Å². The number of amides is 1. The summed E-state index contributed by atoms with van der Waals surface area (Å²) in [5.41, 5.74) is -0.352. The molecule has 1 saturated carbocycles. The van der Waals surface area contributed by atoms with Gasteiger partial charge in [-0.05, 0) is 45.2 Å². The van der Waals surface area contributed by atoms with Crippen molar-refractivity contribution in [1.82, 2.24) is 14.9 Å². The Balaban J connectivity index is 1.47. The highest BCUT2D eigenvalue weighted by Crippen LogP contribution is 2.49. The summed E-state index contributed by atoms with van der Waals surface area (Å²) in [4.78, 5) is 21.1. The minimum absolute atomic E-state index is 0.0164. The number of likely N-dealkylation sites (tertiary alicyclic amines) is 1. The maximum atomic E-state index is 13.6. The fourth-order valence-corrected chi connectivity index (χ4v) is 3.34. The molecule has 0 bridgehead atoms. The number of hydrogen-bond acceptors (Lipinski definition) is 5. The van der Waals surface area contributed by atoms with E-state index in [1.807, 2.05) is 20.8 Å². The summed E-state index contributed by atoms with van der Waals surface area (Å²) in [5.74, 6) is -0.382. The summed E-state index contributed by atoms with van der Waals surface area (Å²) in [6, 6.07) is 0.135. The van der Waals surface area contributed by atoms with E-state index in [2.05, 4.69) is 15.3 Å². The Hall–Kier alpha value is -1.63. The van der Waals surface area contributed by atoms with Crippen LogP contribution < -0.4 is 5.32 Å². The summed E-state index contributed by atoms with van der Waals surface area (Å²) in [6.45, 7) is 6.93. The minimum Gasteiger partial charge on any atom is -0.444 e. The van der Waals surface area contributed by atoms with Crippen molar-refractivity contribution in [3.8, 4) is 0 Å². The van der Waals surface area contributed by atoms with Crippen LogP contribution in [0.5, 0.6) is 0 Å². The zero-order valence-corrected chi connectivity index (χ0v) is 14.2. The number of carbonyl (C=O) groups is 1. The molecule has 1 amide bonds. The SMILES string of the molecule is CC(C)(C)OC(=O)N1CC2(CC(Nc3nc(Cl)ncc3F)C2)C1. The fraction of sp³-hybridized carbons (Fsp3) is 0.667. The third-order valence-electron chi connectivity index (χ3n) is 4.12. The second-order valence-electron chi connectivity index (χ2n) is 7.42. The molecule has 2 fully saturated rings. The number of nitrogens with zero attached hydrogens (tertiary/aromatic N) is 3. The molecule has 1 saturated heterocycles. The molecule has 2 aliphatic rings. The van der Waals surface area contributed by atoms with E-state index in [1.54, 1.807) is 4.90 Å². The standard InChI is InChI=1S/C15H20ClFN4O2/c1-14(2,3)23-13(22)21-7-15(8-21)4-9(5-15)19-11-10(17)6-18-12(16)20-11/h6,9H,4-5,7-8H2,1-3H3,(H,18,19,20). The van der Waals surface area contributed by atoms with E-state index in [0.717, 1.165) is 19.0 Å². The van der Waals surface area contributed by atoms with Crippen LogP contribution in [0.15, 0.2) is 6.20 Å². The molecule has 0 unspecified atom stereocenters. The molecule has 126 valence electrons. The average Bonchev–Trinajstić information content (AvgIpc) is 2.32. The molecule has 3 rings (SSSR count). The molecule has 1 aromatic heterocycles. The monoisotopic (exact) mass is 342 g/mol. The van der Waals surface area contributed by atoms with E-state index < -0.39 is 11.4 Å². The van der Waals surface area contributed by atoms with Gasteiger partial charge < -0.3 is 15.0 Å². The zero-order valence-electron chi connectivity index (χ0n) is 13.4. The number of halogens is 2. The van der Waals surface area contributed by atoms with Gasteiger partial charge in [-0.15, -0.1) is 0 Å². The van der Waals surface area contributed by atoms with Gasteiger partial charge in [-0.3, -0.25) is 0 Å². The first kappa shape index (κ1) is 16.2. The molecule has 1 N–H and O–H groups in total. The van der Waals surface area contributed by atoms with Crippen molar-refractivity contribution in [2.75, 3.05) is 18.4 Å². The first-order chi connectivity index (χ1) is 10.7. The molecular formula is C15H20ClFN4O2. The van der Waals surface area contributed by atoms with Crippen LogP contribution in [0.1, 0.15) is 33.6 Å². The molecular weight excluding hydrogens is 323 g/mol. The quantitative estimate of drug-likeness (QED) is 0.836. The molecule has 1 spiro atoms. The van der Waals surface area contributed by atoms with Crippen LogP contribution in [0.3, 0.4) is 0 Å². The molecule has 1 aliphatic carbocycles. The molecule has 1 aliphatic heterocycles. The number of anilines is 1. The highest BCUT2D eigenvalue weighted by atomic mass is 35.5. The topological polar surface area (TPSA) is 67.3 Å². The molecule has 1 aromatic rings. The van der Waals surface area contributed by atoms with Crippen molar-refractivity contribution in [1.29, 1.82) is 0 Å². The molecule has 0 atom stereocenters. The lowest BCUT2D eigenvalue weighted by atomic mass is 9.61. The summed E-state index contributed by atoms with van der Waals surface area (Å²) < 4.78 is 18.9. The number of carbonyl (C=O) groups excluding carboxylic acids is 1. The zero-order chi connectivity index (χ0) is 16.8. The third-order valence-corrected chi connectivity index (χ3v) is 4.30. The van der Waals surface area contributed by atoms with Gasteiger partial charge in [0.2, 0.25) is 5.28 Å². The highest BCUT2D eigenvalue weighted by molar-refractivity contribution is 6.28. The largest absolute Gasteiger partial charge is 0.444 e. The smallest absolute Gasteiger partial charge is 0.410 e. The van der Waals surface area contributed by atoms with Crippen LogP contribution in [0.2, 0.25) is 5.28 Å². The van der Waals surface area contributed by atoms with Crippen molar-refractivity contribution in [2.45, 2.75) is 45.3 Å². The van der Waals surface area contributed by atoms with Crippen molar-refractivity contribution < 1.29 is 13.9 Å². The van der Waals surface area contributed by atoms with Gasteiger partial charge in [-0.25, -0.2) is 14.2 Å². The number of rotatable bonds is 2.